The molecule has 130 valence electrons. The summed E-state index contributed by atoms with van der Waals surface area (Å²) in [6, 6.07) is 3.68. The zero-order valence-corrected chi connectivity index (χ0v) is 13.3. The van der Waals surface area contributed by atoms with E-state index in [4.69, 9.17) is 0 Å². The van der Waals surface area contributed by atoms with Crippen molar-refractivity contribution in [3.63, 3.8) is 0 Å². The van der Waals surface area contributed by atoms with Crippen LogP contribution < -0.4 is 5.32 Å². The molecule has 1 aromatic carbocycles. The number of hydrogen-bond donors (Lipinski definition) is 1. The third-order valence-corrected chi connectivity index (χ3v) is 4.55. The van der Waals surface area contributed by atoms with Crippen LogP contribution in [0.25, 0.3) is 0 Å². The first-order valence-electron chi connectivity index (χ1n) is 6.30. The van der Waals surface area contributed by atoms with Crippen LogP contribution in [0.3, 0.4) is 0 Å². The predicted molar refractivity (Wildman–Crippen MR) is 80.5 cm³/mol. The van der Waals surface area contributed by atoms with E-state index in [-0.39, 0.29) is 16.1 Å². The highest BCUT2D eigenvalue weighted by atomic mass is 32.2. The van der Waals surface area contributed by atoms with E-state index in [2.05, 4.69) is 5.32 Å². The second kappa shape index (κ2) is 7.06. The van der Waals surface area contributed by atoms with Gasteiger partial charge in [0.05, 0.1) is 22.6 Å². The minimum absolute atomic E-state index is 0.0936. The fraction of sp³-hybridized carbons (Fsp3) is 0.214. The van der Waals surface area contributed by atoms with Crippen molar-refractivity contribution in [2.24, 2.45) is 0 Å². The van der Waals surface area contributed by atoms with Gasteiger partial charge in [0, 0.05) is 10.3 Å². The van der Waals surface area contributed by atoms with Gasteiger partial charge in [-0.1, -0.05) is 0 Å². The molecule has 0 saturated carbocycles. The maximum absolute atomic E-state index is 12.8. The summed E-state index contributed by atoms with van der Waals surface area (Å²) < 4.78 is 75.4. The number of alkyl halides is 6. The molecule has 0 saturated heterocycles. The highest BCUT2D eigenvalue weighted by Gasteiger charge is 2.32. The number of carbonyl (C=O) groups is 1. The summed E-state index contributed by atoms with van der Waals surface area (Å²) in [5, 5.41) is 5.32. The van der Waals surface area contributed by atoms with Crippen LogP contribution in [0.4, 0.5) is 32.0 Å². The van der Waals surface area contributed by atoms with Crippen LogP contribution in [0.2, 0.25) is 0 Å². The number of thiophene rings is 1. The molecule has 0 fully saturated rings. The molecule has 1 amide bonds. The van der Waals surface area contributed by atoms with Crippen molar-refractivity contribution in [1.29, 1.82) is 0 Å². The number of anilines is 1. The molecule has 1 aromatic heterocycles. The number of benzene rings is 1. The van der Waals surface area contributed by atoms with Crippen molar-refractivity contribution in [2.75, 3.05) is 11.1 Å². The average molecular weight is 385 g/mol. The molecular weight excluding hydrogens is 376 g/mol. The molecule has 1 heterocycles. The number of nitrogens with one attached hydrogen (secondary N) is 1. The highest BCUT2D eigenvalue weighted by molar-refractivity contribution is 7.99. The zero-order valence-electron chi connectivity index (χ0n) is 11.7. The van der Waals surface area contributed by atoms with Gasteiger partial charge in [0.15, 0.2) is 0 Å². The lowest BCUT2D eigenvalue weighted by Gasteiger charge is -2.15. The van der Waals surface area contributed by atoms with Gasteiger partial charge >= 0.3 is 12.4 Å². The lowest BCUT2D eigenvalue weighted by molar-refractivity contribution is -0.137. The molecule has 0 bridgehead atoms. The van der Waals surface area contributed by atoms with E-state index in [0.29, 0.717) is 23.9 Å². The van der Waals surface area contributed by atoms with Gasteiger partial charge in [-0.05, 0) is 29.6 Å². The van der Waals surface area contributed by atoms with E-state index in [1.807, 2.05) is 0 Å². The summed E-state index contributed by atoms with van der Waals surface area (Å²) in [7, 11) is 0. The summed E-state index contributed by atoms with van der Waals surface area (Å²) in [4.78, 5) is 11.9. The summed E-state index contributed by atoms with van der Waals surface area (Å²) in [5.74, 6) is -1.97. The molecule has 0 aliphatic heterocycles. The van der Waals surface area contributed by atoms with Gasteiger partial charge < -0.3 is 5.32 Å². The first-order chi connectivity index (χ1) is 11.1. The van der Waals surface area contributed by atoms with Gasteiger partial charge in [0.2, 0.25) is 0 Å². The van der Waals surface area contributed by atoms with Crippen LogP contribution in [-0.4, -0.2) is 17.8 Å². The molecule has 0 atom stereocenters. The normalized spacial score (nSPS) is 12.2. The van der Waals surface area contributed by atoms with E-state index in [1.165, 1.54) is 22.8 Å². The van der Waals surface area contributed by atoms with Crippen molar-refractivity contribution < 1.29 is 31.1 Å². The minimum Gasteiger partial charge on any atom is -0.321 e. The number of carbonyl (C=O) groups excluding carboxylic acids is 1. The number of hydrogen-bond acceptors (Lipinski definition) is 3. The number of thioether (sulfide) groups is 1. The highest BCUT2D eigenvalue weighted by Crippen LogP contribution is 2.37. The second-order valence-electron chi connectivity index (χ2n) is 4.58. The Labute approximate surface area is 140 Å². The SMILES string of the molecule is O=C(Nc1cc(C(F)(F)F)ccc1SCC(F)(F)F)c1ccsc1. The Balaban J connectivity index is 2.30. The Kier molecular flexibility index (Phi) is 5.49. The largest absolute Gasteiger partial charge is 0.416 e. The Hall–Kier alpha value is -1.68. The van der Waals surface area contributed by atoms with Crippen LogP contribution in [0.15, 0.2) is 39.9 Å². The lowest BCUT2D eigenvalue weighted by atomic mass is 10.2. The molecule has 0 spiro atoms. The van der Waals surface area contributed by atoms with Crippen LogP contribution in [0.5, 0.6) is 0 Å². The summed E-state index contributed by atoms with van der Waals surface area (Å²) >= 11 is 1.52. The second-order valence-corrected chi connectivity index (χ2v) is 6.38. The smallest absolute Gasteiger partial charge is 0.321 e. The standard InChI is InChI=1S/C14H9F6NOS2/c15-13(16,17)7-24-11-2-1-9(14(18,19)20)5-10(11)21-12(22)8-3-4-23-6-8/h1-6H,7H2,(H,21,22). The van der Waals surface area contributed by atoms with Crippen molar-refractivity contribution in [2.45, 2.75) is 17.2 Å². The molecule has 2 nitrogen and oxygen atoms in total. The van der Waals surface area contributed by atoms with Crippen molar-refractivity contribution in [3.8, 4) is 0 Å². The van der Waals surface area contributed by atoms with E-state index >= 15 is 0 Å². The molecule has 10 heteroatoms. The van der Waals surface area contributed by atoms with Gasteiger partial charge in [0.1, 0.15) is 0 Å². The molecule has 0 aliphatic carbocycles. The summed E-state index contributed by atoms with van der Waals surface area (Å²) in [6.07, 6.45) is -9.16. The first kappa shape index (κ1) is 18.7. The number of amides is 1. The summed E-state index contributed by atoms with van der Waals surface area (Å²) in [5.41, 5.74) is -1.15. The van der Waals surface area contributed by atoms with Crippen LogP contribution in [0.1, 0.15) is 15.9 Å². The molecule has 2 rings (SSSR count). The van der Waals surface area contributed by atoms with Crippen molar-refractivity contribution in [1.82, 2.24) is 0 Å². The minimum atomic E-state index is -4.67. The van der Waals surface area contributed by atoms with E-state index in [1.54, 1.807) is 5.38 Å². The van der Waals surface area contributed by atoms with Gasteiger partial charge in [-0.2, -0.15) is 37.7 Å². The summed E-state index contributed by atoms with van der Waals surface area (Å²) in [6.45, 7) is 0. The average Bonchev–Trinajstić information content (AvgIpc) is 2.98. The Morgan fingerprint density at radius 2 is 1.83 bits per heavy atom. The number of rotatable bonds is 4. The maximum Gasteiger partial charge on any atom is 0.416 e. The van der Waals surface area contributed by atoms with Gasteiger partial charge in [-0.15, -0.1) is 11.8 Å². The predicted octanol–water partition coefficient (Wildman–Crippen LogP) is 5.67. The maximum atomic E-state index is 12.8. The Morgan fingerprint density at radius 3 is 2.38 bits per heavy atom. The van der Waals surface area contributed by atoms with Crippen molar-refractivity contribution >= 4 is 34.7 Å². The first-order valence-corrected chi connectivity index (χ1v) is 8.23. The third kappa shape index (κ3) is 5.17. The monoisotopic (exact) mass is 385 g/mol. The van der Waals surface area contributed by atoms with E-state index in [9.17, 15) is 31.1 Å². The number of halogens is 6. The van der Waals surface area contributed by atoms with E-state index < -0.39 is 29.6 Å². The van der Waals surface area contributed by atoms with Gasteiger partial charge in [-0.25, -0.2) is 0 Å². The fourth-order valence-electron chi connectivity index (χ4n) is 1.68. The Morgan fingerprint density at radius 1 is 1.12 bits per heavy atom. The van der Waals surface area contributed by atoms with Crippen LogP contribution >= 0.6 is 23.1 Å². The van der Waals surface area contributed by atoms with Gasteiger partial charge in [-0.3, -0.25) is 4.79 Å². The zero-order chi connectivity index (χ0) is 18.0. The topological polar surface area (TPSA) is 29.1 Å². The fourth-order valence-corrected chi connectivity index (χ4v) is 3.06. The molecule has 0 radical (unpaired) electrons. The van der Waals surface area contributed by atoms with Crippen molar-refractivity contribution in [3.05, 3.63) is 46.2 Å². The molecule has 0 unspecified atom stereocenters. The van der Waals surface area contributed by atoms with Gasteiger partial charge in [0.25, 0.3) is 5.91 Å². The quantitative estimate of drug-likeness (QED) is 0.542. The van der Waals surface area contributed by atoms with Crippen LogP contribution in [0, 0.1) is 0 Å². The lowest BCUT2D eigenvalue weighted by Crippen LogP contribution is -2.14. The molecule has 24 heavy (non-hydrogen) atoms. The van der Waals surface area contributed by atoms with E-state index in [0.717, 1.165) is 6.07 Å². The van der Waals surface area contributed by atoms with Crippen LogP contribution in [-0.2, 0) is 6.18 Å². The molecule has 1 N–H and O–H groups in total. The third-order valence-electron chi connectivity index (χ3n) is 2.73. The molecule has 2 aromatic rings. The molecule has 0 aliphatic rings. The molecular formula is C14H9F6NOS2. The Bertz CT molecular complexity index is 709.